The minimum absolute atomic E-state index is 0.324. The van der Waals surface area contributed by atoms with Gasteiger partial charge in [-0.2, -0.15) is 26.3 Å². The molecule has 0 saturated heterocycles. The van der Waals surface area contributed by atoms with Gasteiger partial charge >= 0.3 is 12.4 Å². The van der Waals surface area contributed by atoms with Gasteiger partial charge in [-0.3, -0.25) is 0 Å². The largest absolute Gasteiger partial charge is 0.453 e. The molecule has 0 radical (unpaired) electrons. The lowest BCUT2D eigenvalue weighted by Crippen LogP contribution is -2.19. The van der Waals surface area contributed by atoms with E-state index in [1.807, 2.05) is 0 Å². The molecule has 1 aromatic rings. The first kappa shape index (κ1) is 11.9. The van der Waals surface area contributed by atoms with Crippen LogP contribution in [0.4, 0.5) is 26.3 Å². The third-order valence-electron chi connectivity index (χ3n) is 1.49. The van der Waals surface area contributed by atoms with E-state index in [4.69, 9.17) is 5.11 Å². The van der Waals surface area contributed by atoms with Gasteiger partial charge in [-0.1, -0.05) is 0 Å². The summed E-state index contributed by atoms with van der Waals surface area (Å²) >= 11 is 0. The summed E-state index contributed by atoms with van der Waals surface area (Å²) in [6.45, 7) is 0. The SMILES string of the molecule is O[C@@H](c1ccc(C(F)(F)F)o1)C(F)(F)F. The highest BCUT2D eigenvalue weighted by molar-refractivity contribution is 5.12. The van der Waals surface area contributed by atoms with Crippen molar-refractivity contribution in [2.45, 2.75) is 18.5 Å². The fraction of sp³-hybridized carbons (Fsp3) is 0.429. The second-order valence-corrected chi connectivity index (χ2v) is 2.64. The molecular weight excluding hydrogens is 230 g/mol. The molecule has 0 bridgehead atoms. The summed E-state index contributed by atoms with van der Waals surface area (Å²) in [4.78, 5) is 0. The maximum atomic E-state index is 11.9. The summed E-state index contributed by atoms with van der Waals surface area (Å²) < 4.78 is 75.1. The van der Waals surface area contributed by atoms with Crippen molar-refractivity contribution >= 4 is 0 Å². The number of hydrogen-bond donors (Lipinski definition) is 1. The zero-order valence-corrected chi connectivity index (χ0v) is 6.86. The highest BCUT2D eigenvalue weighted by Gasteiger charge is 2.43. The second kappa shape index (κ2) is 3.44. The van der Waals surface area contributed by atoms with Gasteiger partial charge in [-0.15, -0.1) is 0 Å². The molecule has 0 aliphatic carbocycles. The van der Waals surface area contributed by atoms with E-state index in [1.165, 1.54) is 0 Å². The molecule has 0 aliphatic rings. The van der Waals surface area contributed by atoms with Crippen LogP contribution < -0.4 is 0 Å². The summed E-state index contributed by atoms with van der Waals surface area (Å²) in [6, 6.07) is 0.755. The maximum absolute atomic E-state index is 11.9. The van der Waals surface area contributed by atoms with Crippen molar-refractivity contribution in [3.8, 4) is 0 Å². The molecule has 0 aliphatic heterocycles. The molecule has 0 saturated carbocycles. The van der Waals surface area contributed by atoms with Gasteiger partial charge in [0.2, 0.25) is 11.9 Å². The quantitative estimate of drug-likeness (QED) is 0.758. The fourth-order valence-corrected chi connectivity index (χ4v) is 0.813. The minimum atomic E-state index is -5.05. The molecule has 1 N–H and O–H groups in total. The first-order valence-electron chi connectivity index (χ1n) is 3.54. The standard InChI is InChI=1S/C7H4F6O2/c8-6(9,10)4-2-1-3(15-4)5(14)7(11,12)13/h1-2,5,14H/t5-/m0/s1. The van der Waals surface area contributed by atoms with Crippen LogP contribution in [-0.4, -0.2) is 11.3 Å². The van der Waals surface area contributed by atoms with E-state index < -0.39 is 30.0 Å². The molecule has 2 nitrogen and oxygen atoms in total. The minimum Gasteiger partial charge on any atom is -0.453 e. The highest BCUT2D eigenvalue weighted by atomic mass is 19.4. The van der Waals surface area contributed by atoms with Crippen LogP contribution >= 0.6 is 0 Å². The Morgan fingerprint density at radius 1 is 1.07 bits per heavy atom. The Bertz CT molecular complexity index is 336. The first-order valence-corrected chi connectivity index (χ1v) is 3.54. The van der Waals surface area contributed by atoms with Crippen LogP contribution in [0.2, 0.25) is 0 Å². The van der Waals surface area contributed by atoms with Crippen LogP contribution in [0, 0.1) is 0 Å². The van der Waals surface area contributed by atoms with Crippen LogP contribution in [0.5, 0.6) is 0 Å². The zero-order valence-electron chi connectivity index (χ0n) is 6.86. The zero-order chi connectivity index (χ0) is 11.9. The number of aliphatic hydroxyl groups is 1. The molecule has 0 fully saturated rings. The Balaban J connectivity index is 2.95. The van der Waals surface area contributed by atoms with Gasteiger partial charge in [0.05, 0.1) is 0 Å². The van der Waals surface area contributed by atoms with E-state index in [-0.39, 0.29) is 0 Å². The van der Waals surface area contributed by atoms with Crippen molar-refractivity contribution < 1.29 is 35.9 Å². The molecule has 0 unspecified atom stereocenters. The molecule has 86 valence electrons. The molecule has 0 spiro atoms. The third kappa shape index (κ3) is 2.65. The third-order valence-corrected chi connectivity index (χ3v) is 1.49. The van der Waals surface area contributed by atoms with Gasteiger partial charge in [-0.25, -0.2) is 0 Å². The molecule has 1 rings (SSSR count). The Labute approximate surface area is 79.1 Å². The molecule has 0 aromatic carbocycles. The second-order valence-electron chi connectivity index (χ2n) is 2.64. The van der Waals surface area contributed by atoms with Crippen molar-refractivity contribution in [2.75, 3.05) is 0 Å². The predicted molar refractivity (Wildman–Crippen MR) is 34.7 cm³/mol. The summed E-state index contributed by atoms with van der Waals surface area (Å²) in [5, 5.41) is 8.55. The van der Waals surface area contributed by atoms with Gasteiger partial charge in [0.25, 0.3) is 0 Å². The number of halogens is 6. The number of rotatable bonds is 1. The van der Waals surface area contributed by atoms with E-state index in [0.29, 0.717) is 12.1 Å². The summed E-state index contributed by atoms with van der Waals surface area (Å²) in [5.41, 5.74) is 0. The van der Waals surface area contributed by atoms with Crippen LogP contribution in [0.15, 0.2) is 16.5 Å². The van der Waals surface area contributed by atoms with Crippen LogP contribution in [-0.2, 0) is 6.18 Å². The van der Waals surface area contributed by atoms with Crippen molar-refractivity contribution in [1.82, 2.24) is 0 Å². The molecule has 0 amide bonds. The van der Waals surface area contributed by atoms with E-state index in [1.54, 1.807) is 0 Å². The van der Waals surface area contributed by atoms with E-state index in [9.17, 15) is 26.3 Å². The molecule has 8 heteroatoms. The number of hydrogen-bond acceptors (Lipinski definition) is 2. The smallest absolute Gasteiger partial charge is 0.449 e. The lowest BCUT2D eigenvalue weighted by atomic mass is 10.3. The summed E-state index contributed by atoms with van der Waals surface area (Å²) in [5.74, 6) is -2.77. The number of alkyl halides is 6. The molecular formula is C7H4F6O2. The average molecular weight is 234 g/mol. The number of furan rings is 1. The molecule has 15 heavy (non-hydrogen) atoms. The Morgan fingerprint density at radius 3 is 1.93 bits per heavy atom. The van der Waals surface area contributed by atoms with Crippen molar-refractivity contribution in [3.05, 3.63) is 23.7 Å². The lowest BCUT2D eigenvalue weighted by Gasteiger charge is -2.11. The van der Waals surface area contributed by atoms with E-state index in [2.05, 4.69) is 4.42 Å². The van der Waals surface area contributed by atoms with Crippen LogP contribution in [0.1, 0.15) is 17.6 Å². The van der Waals surface area contributed by atoms with Gasteiger partial charge in [0.1, 0.15) is 5.76 Å². The van der Waals surface area contributed by atoms with Gasteiger partial charge in [-0.05, 0) is 12.1 Å². The fourth-order valence-electron chi connectivity index (χ4n) is 0.813. The van der Waals surface area contributed by atoms with Crippen LogP contribution in [0.25, 0.3) is 0 Å². The Morgan fingerprint density at radius 2 is 1.60 bits per heavy atom. The van der Waals surface area contributed by atoms with Gasteiger partial charge in [0, 0.05) is 0 Å². The monoisotopic (exact) mass is 234 g/mol. The lowest BCUT2D eigenvalue weighted by molar-refractivity contribution is -0.213. The van der Waals surface area contributed by atoms with E-state index >= 15 is 0 Å². The topological polar surface area (TPSA) is 33.4 Å². The maximum Gasteiger partial charge on any atom is 0.449 e. The van der Waals surface area contributed by atoms with E-state index in [0.717, 1.165) is 0 Å². The molecule has 1 heterocycles. The van der Waals surface area contributed by atoms with Crippen molar-refractivity contribution in [1.29, 1.82) is 0 Å². The summed E-state index contributed by atoms with van der Waals surface area (Å²) in [6.07, 6.45) is -13.0. The summed E-state index contributed by atoms with van der Waals surface area (Å²) in [7, 11) is 0. The molecule has 1 aromatic heterocycles. The number of aliphatic hydroxyl groups excluding tert-OH is 1. The predicted octanol–water partition coefficient (Wildman–Crippen LogP) is 2.89. The van der Waals surface area contributed by atoms with Gasteiger partial charge < -0.3 is 9.52 Å². The Kier molecular flexibility index (Phi) is 2.73. The van der Waals surface area contributed by atoms with Gasteiger partial charge in [0.15, 0.2) is 0 Å². The molecule has 1 atom stereocenters. The normalized spacial score (nSPS) is 15.4. The van der Waals surface area contributed by atoms with Crippen molar-refractivity contribution in [3.63, 3.8) is 0 Å². The highest BCUT2D eigenvalue weighted by Crippen LogP contribution is 2.37. The first-order chi connectivity index (χ1) is 6.62. The Hall–Kier alpha value is -1.18. The van der Waals surface area contributed by atoms with Crippen LogP contribution in [0.3, 0.4) is 0 Å². The average Bonchev–Trinajstić information content (AvgIpc) is 2.47. The van der Waals surface area contributed by atoms with Crippen molar-refractivity contribution in [2.24, 2.45) is 0 Å².